The number of aromatic nitrogens is 2. The lowest BCUT2D eigenvalue weighted by molar-refractivity contribution is 0.0950. The summed E-state index contributed by atoms with van der Waals surface area (Å²) in [6.45, 7) is 2.58. The number of benzene rings is 2. The number of fused-ring (bicyclic) bond motifs is 1. The second-order valence-corrected chi connectivity index (χ2v) is 8.72. The van der Waals surface area contributed by atoms with Crippen molar-refractivity contribution in [2.75, 3.05) is 18.0 Å². The van der Waals surface area contributed by atoms with Gasteiger partial charge in [-0.3, -0.25) is 4.79 Å². The number of hydrogen-bond donors (Lipinski definition) is 1. The van der Waals surface area contributed by atoms with Crippen molar-refractivity contribution < 1.29 is 9.21 Å². The highest BCUT2D eigenvalue weighted by atomic mass is 32.2. The van der Waals surface area contributed by atoms with Gasteiger partial charge < -0.3 is 14.6 Å². The molecule has 2 aromatic carbocycles. The normalized spacial score (nSPS) is 13.6. The molecule has 7 heteroatoms. The third-order valence-electron chi connectivity index (χ3n) is 5.58. The Bertz CT molecular complexity index is 1180. The first-order chi connectivity index (χ1) is 15.8. The van der Waals surface area contributed by atoms with Crippen LogP contribution in [0.15, 0.2) is 76.5 Å². The number of para-hydroxylation sites is 2. The van der Waals surface area contributed by atoms with Gasteiger partial charge >= 0.3 is 0 Å². The summed E-state index contributed by atoms with van der Waals surface area (Å²) in [5.74, 6) is 1.52. The zero-order valence-electron chi connectivity index (χ0n) is 17.7. The van der Waals surface area contributed by atoms with Gasteiger partial charge in [-0.25, -0.2) is 9.97 Å². The number of hydrogen-bond acceptors (Lipinski definition) is 6. The Morgan fingerprint density at radius 2 is 1.84 bits per heavy atom. The highest BCUT2D eigenvalue weighted by Gasteiger charge is 2.15. The van der Waals surface area contributed by atoms with Gasteiger partial charge in [0.05, 0.1) is 0 Å². The largest absolute Gasteiger partial charge is 0.431 e. The smallest absolute Gasteiger partial charge is 0.257 e. The molecule has 0 bridgehead atoms. The topological polar surface area (TPSA) is 71.3 Å². The summed E-state index contributed by atoms with van der Waals surface area (Å²) >= 11 is 1.49. The fourth-order valence-electron chi connectivity index (χ4n) is 3.85. The van der Waals surface area contributed by atoms with Crippen LogP contribution in [0, 0.1) is 0 Å². The van der Waals surface area contributed by atoms with Crippen LogP contribution in [-0.2, 0) is 12.3 Å². The molecule has 1 aliphatic rings. The van der Waals surface area contributed by atoms with Crippen LogP contribution in [0.2, 0.25) is 0 Å². The second-order valence-electron chi connectivity index (χ2n) is 7.79. The standard InChI is InChI=1S/C25H24N4O2S/c30-24(27-16-18-11-12-23(26-15-18)29-13-5-6-14-29)20-8-2-1-7-19(20)17-32-25-28-21-9-3-4-10-22(21)31-25/h1-4,7-12,15H,5-6,13-14,16-17H2,(H,27,30). The van der Waals surface area contributed by atoms with E-state index in [9.17, 15) is 4.79 Å². The maximum atomic E-state index is 12.9. The predicted octanol–water partition coefficient (Wildman–Crippen LogP) is 5.05. The van der Waals surface area contributed by atoms with E-state index in [-0.39, 0.29) is 5.91 Å². The molecule has 1 aliphatic heterocycles. The Morgan fingerprint density at radius 1 is 1.03 bits per heavy atom. The lowest BCUT2D eigenvalue weighted by Gasteiger charge is -2.16. The van der Waals surface area contributed by atoms with Crippen LogP contribution < -0.4 is 10.2 Å². The average molecular weight is 445 g/mol. The monoisotopic (exact) mass is 444 g/mol. The van der Waals surface area contributed by atoms with E-state index in [2.05, 4.69) is 20.2 Å². The Hall–Kier alpha value is -3.32. The first kappa shape index (κ1) is 20.6. The van der Waals surface area contributed by atoms with Crippen molar-refractivity contribution in [3.8, 4) is 0 Å². The number of carbonyl (C=O) groups excluding carboxylic acids is 1. The summed E-state index contributed by atoms with van der Waals surface area (Å²) < 4.78 is 5.78. The Kier molecular flexibility index (Phi) is 6.07. The van der Waals surface area contributed by atoms with Crippen molar-refractivity contribution in [2.24, 2.45) is 0 Å². The molecule has 1 fully saturated rings. The van der Waals surface area contributed by atoms with Gasteiger partial charge in [-0.15, -0.1) is 0 Å². The van der Waals surface area contributed by atoms with Gasteiger partial charge in [-0.1, -0.05) is 48.2 Å². The molecule has 1 amide bonds. The van der Waals surface area contributed by atoms with E-state index < -0.39 is 0 Å². The van der Waals surface area contributed by atoms with Crippen LogP contribution in [0.25, 0.3) is 11.1 Å². The van der Waals surface area contributed by atoms with Crippen molar-refractivity contribution in [1.29, 1.82) is 0 Å². The van der Waals surface area contributed by atoms with Crippen molar-refractivity contribution in [1.82, 2.24) is 15.3 Å². The number of carbonyl (C=O) groups is 1. The number of rotatable bonds is 7. The van der Waals surface area contributed by atoms with Gasteiger partial charge in [-0.2, -0.15) is 0 Å². The number of amides is 1. The fraction of sp³-hybridized carbons (Fsp3) is 0.240. The van der Waals surface area contributed by atoms with Gasteiger partial charge in [0.2, 0.25) is 0 Å². The van der Waals surface area contributed by atoms with Crippen molar-refractivity contribution >= 4 is 34.6 Å². The molecular weight excluding hydrogens is 420 g/mol. The van der Waals surface area contributed by atoms with Gasteiger partial charge in [0.25, 0.3) is 11.1 Å². The molecule has 1 saturated heterocycles. The molecule has 0 saturated carbocycles. The molecule has 6 nitrogen and oxygen atoms in total. The first-order valence-corrected chi connectivity index (χ1v) is 11.8. The van der Waals surface area contributed by atoms with Crippen LogP contribution in [-0.4, -0.2) is 29.0 Å². The molecule has 3 heterocycles. The molecule has 0 radical (unpaired) electrons. The lowest BCUT2D eigenvalue weighted by atomic mass is 10.1. The second kappa shape index (κ2) is 9.44. The van der Waals surface area contributed by atoms with E-state index in [4.69, 9.17) is 4.42 Å². The molecule has 0 unspecified atom stereocenters. The molecule has 5 rings (SSSR count). The van der Waals surface area contributed by atoms with E-state index in [0.717, 1.165) is 41.1 Å². The number of anilines is 1. The zero-order chi connectivity index (χ0) is 21.8. The third-order valence-corrected chi connectivity index (χ3v) is 6.46. The average Bonchev–Trinajstić information content (AvgIpc) is 3.52. The summed E-state index contributed by atoms with van der Waals surface area (Å²) in [6.07, 6.45) is 4.30. The molecule has 4 aromatic rings. The van der Waals surface area contributed by atoms with E-state index in [0.29, 0.717) is 23.1 Å². The fourth-order valence-corrected chi connectivity index (χ4v) is 4.69. The number of oxazole rings is 1. The maximum Gasteiger partial charge on any atom is 0.257 e. The summed E-state index contributed by atoms with van der Waals surface area (Å²) in [4.78, 5) is 24.2. The van der Waals surface area contributed by atoms with Crippen molar-refractivity contribution in [3.63, 3.8) is 0 Å². The molecule has 32 heavy (non-hydrogen) atoms. The van der Waals surface area contributed by atoms with Gasteiger partial charge in [0.1, 0.15) is 11.3 Å². The van der Waals surface area contributed by atoms with E-state index >= 15 is 0 Å². The van der Waals surface area contributed by atoms with Crippen molar-refractivity contribution in [2.45, 2.75) is 30.4 Å². The highest BCUT2D eigenvalue weighted by molar-refractivity contribution is 7.98. The zero-order valence-corrected chi connectivity index (χ0v) is 18.5. The molecule has 0 spiro atoms. The summed E-state index contributed by atoms with van der Waals surface area (Å²) in [7, 11) is 0. The van der Waals surface area contributed by atoms with Gasteiger partial charge in [0.15, 0.2) is 5.58 Å². The molecule has 0 aliphatic carbocycles. The van der Waals surface area contributed by atoms with Crippen LogP contribution in [0.1, 0.15) is 34.3 Å². The predicted molar refractivity (Wildman–Crippen MR) is 127 cm³/mol. The molecular formula is C25H24N4O2S. The van der Waals surface area contributed by atoms with Crippen LogP contribution in [0.5, 0.6) is 0 Å². The minimum absolute atomic E-state index is 0.0950. The molecule has 2 aromatic heterocycles. The number of thioether (sulfide) groups is 1. The molecule has 162 valence electrons. The number of nitrogens with one attached hydrogen (secondary N) is 1. The van der Waals surface area contributed by atoms with E-state index in [1.165, 1.54) is 24.6 Å². The molecule has 1 N–H and O–H groups in total. The van der Waals surface area contributed by atoms with Crippen molar-refractivity contribution in [3.05, 3.63) is 83.6 Å². The summed E-state index contributed by atoms with van der Waals surface area (Å²) in [6, 6.07) is 19.4. The maximum absolute atomic E-state index is 12.9. The van der Waals surface area contributed by atoms with E-state index in [1.807, 2.05) is 66.9 Å². The van der Waals surface area contributed by atoms with E-state index in [1.54, 1.807) is 0 Å². The molecule has 0 atom stereocenters. The Balaban J connectivity index is 1.21. The first-order valence-electron chi connectivity index (χ1n) is 10.8. The third kappa shape index (κ3) is 4.62. The minimum atomic E-state index is -0.0950. The summed E-state index contributed by atoms with van der Waals surface area (Å²) in [5.41, 5.74) is 4.20. The lowest BCUT2D eigenvalue weighted by Crippen LogP contribution is -2.24. The minimum Gasteiger partial charge on any atom is -0.431 e. The Labute approximate surface area is 191 Å². The quantitative estimate of drug-likeness (QED) is 0.403. The van der Waals surface area contributed by atoms with Gasteiger partial charge in [0, 0.05) is 37.1 Å². The van der Waals surface area contributed by atoms with Crippen LogP contribution in [0.4, 0.5) is 5.82 Å². The van der Waals surface area contributed by atoms with Crippen LogP contribution >= 0.6 is 11.8 Å². The van der Waals surface area contributed by atoms with Gasteiger partial charge in [-0.05, 0) is 48.2 Å². The number of pyridine rings is 1. The highest BCUT2D eigenvalue weighted by Crippen LogP contribution is 2.27. The summed E-state index contributed by atoms with van der Waals surface area (Å²) in [5, 5.41) is 3.63. The Morgan fingerprint density at radius 3 is 2.66 bits per heavy atom. The number of nitrogens with zero attached hydrogens (tertiary/aromatic N) is 3. The SMILES string of the molecule is O=C(NCc1ccc(N2CCCC2)nc1)c1ccccc1CSc1nc2ccccc2o1. The van der Waals surface area contributed by atoms with Crippen LogP contribution in [0.3, 0.4) is 0 Å².